The highest BCUT2D eigenvalue weighted by molar-refractivity contribution is 5.95. The van der Waals surface area contributed by atoms with E-state index in [4.69, 9.17) is 0 Å². The van der Waals surface area contributed by atoms with Crippen LogP contribution in [0.5, 0.6) is 0 Å². The SMILES string of the molecule is Cc1c(NC(=O)C(C)(C)C)cccc1[N+](=O)[O-]. The van der Waals surface area contributed by atoms with Crippen molar-refractivity contribution in [2.75, 3.05) is 5.32 Å². The fourth-order valence-electron chi connectivity index (χ4n) is 1.27. The Hall–Kier alpha value is -1.91. The summed E-state index contributed by atoms with van der Waals surface area (Å²) >= 11 is 0. The van der Waals surface area contributed by atoms with E-state index in [1.54, 1.807) is 39.8 Å². The second-order valence-electron chi connectivity index (χ2n) is 4.91. The van der Waals surface area contributed by atoms with Gasteiger partial charge in [0, 0.05) is 11.5 Å². The third-order valence-corrected chi connectivity index (χ3v) is 2.43. The average Bonchev–Trinajstić information content (AvgIpc) is 2.19. The van der Waals surface area contributed by atoms with E-state index >= 15 is 0 Å². The van der Waals surface area contributed by atoms with Gasteiger partial charge in [0.05, 0.1) is 16.2 Å². The maximum Gasteiger partial charge on any atom is 0.274 e. The van der Waals surface area contributed by atoms with Crippen LogP contribution in [0.2, 0.25) is 0 Å². The highest BCUT2D eigenvalue weighted by atomic mass is 16.6. The minimum Gasteiger partial charge on any atom is -0.325 e. The molecular formula is C12H16N2O3. The van der Waals surface area contributed by atoms with Crippen LogP contribution in [-0.4, -0.2) is 10.8 Å². The van der Waals surface area contributed by atoms with Gasteiger partial charge in [0.25, 0.3) is 5.69 Å². The average molecular weight is 236 g/mol. The van der Waals surface area contributed by atoms with Crippen LogP contribution in [0.3, 0.4) is 0 Å². The first-order chi connectivity index (χ1) is 7.73. The summed E-state index contributed by atoms with van der Waals surface area (Å²) in [5, 5.41) is 13.5. The van der Waals surface area contributed by atoms with Crippen molar-refractivity contribution in [3.05, 3.63) is 33.9 Å². The Morgan fingerprint density at radius 1 is 1.35 bits per heavy atom. The Kier molecular flexibility index (Phi) is 3.50. The molecule has 0 fully saturated rings. The molecular weight excluding hydrogens is 220 g/mol. The van der Waals surface area contributed by atoms with E-state index in [0.29, 0.717) is 11.3 Å². The van der Waals surface area contributed by atoms with Gasteiger partial charge in [0.15, 0.2) is 0 Å². The molecule has 1 amide bonds. The minimum absolute atomic E-state index is 0.0108. The third-order valence-electron chi connectivity index (χ3n) is 2.43. The summed E-state index contributed by atoms with van der Waals surface area (Å²) in [6, 6.07) is 4.64. The van der Waals surface area contributed by atoms with Crippen LogP contribution in [0.1, 0.15) is 26.3 Å². The van der Waals surface area contributed by atoms with E-state index in [1.807, 2.05) is 0 Å². The lowest BCUT2D eigenvalue weighted by Crippen LogP contribution is -2.28. The lowest BCUT2D eigenvalue weighted by molar-refractivity contribution is -0.385. The molecule has 0 aliphatic carbocycles. The first-order valence-electron chi connectivity index (χ1n) is 5.29. The molecule has 1 aromatic rings. The molecule has 92 valence electrons. The number of nitro groups is 1. The van der Waals surface area contributed by atoms with Crippen molar-refractivity contribution in [2.45, 2.75) is 27.7 Å². The number of rotatable bonds is 2. The predicted octanol–water partition coefficient (Wildman–Crippen LogP) is 2.89. The van der Waals surface area contributed by atoms with Crippen molar-refractivity contribution in [3.8, 4) is 0 Å². The monoisotopic (exact) mass is 236 g/mol. The van der Waals surface area contributed by atoms with Crippen molar-refractivity contribution in [1.29, 1.82) is 0 Å². The molecule has 17 heavy (non-hydrogen) atoms. The number of hydrogen-bond acceptors (Lipinski definition) is 3. The summed E-state index contributed by atoms with van der Waals surface area (Å²) in [5.74, 6) is -0.166. The molecule has 0 aliphatic rings. The van der Waals surface area contributed by atoms with Gasteiger partial charge in [-0.25, -0.2) is 0 Å². The van der Waals surface area contributed by atoms with Crippen LogP contribution < -0.4 is 5.32 Å². The van der Waals surface area contributed by atoms with E-state index in [-0.39, 0.29) is 11.6 Å². The maximum atomic E-state index is 11.8. The Balaban J connectivity index is 3.05. The van der Waals surface area contributed by atoms with Gasteiger partial charge in [-0.1, -0.05) is 26.8 Å². The molecule has 0 radical (unpaired) electrons. The Labute approximate surface area is 100.0 Å². The van der Waals surface area contributed by atoms with Crippen LogP contribution in [0.4, 0.5) is 11.4 Å². The molecule has 0 aliphatic heterocycles. The zero-order valence-electron chi connectivity index (χ0n) is 10.4. The van der Waals surface area contributed by atoms with Crippen LogP contribution in [0.15, 0.2) is 18.2 Å². The highest BCUT2D eigenvalue weighted by Crippen LogP contribution is 2.26. The lowest BCUT2D eigenvalue weighted by Gasteiger charge is -2.18. The van der Waals surface area contributed by atoms with E-state index < -0.39 is 10.3 Å². The number of amides is 1. The van der Waals surface area contributed by atoms with E-state index in [0.717, 1.165) is 0 Å². The Morgan fingerprint density at radius 2 is 1.94 bits per heavy atom. The van der Waals surface area contributed by atoms with Gasteiger partial charge in [-0.15, -0.1) is 0 Å². The molecule has 1 aromatic carbocycles. The van der Waals surface area contributed by atoms with Crippen molar-refractivity contribution < 1.29 is 9.72 Å². The number of benzene rings is 1. The van der Waals surface area contributed by atoms with Gasteiger partial charge in [-0.3, -0.25) is 14.9 Å². The lowest BCUT2D eigenvalue weighted by atomic mass is 9.95. The van der Waals surface area contributed by atoms with Crippen molar-refractivity contribution >= 4 is 17.3 Å². The quantitative estimate of drug-likeness (QED) is 0.633. The maximum absolute atomic E-state index is 11.8. The van der Waals surface area contributed by atoms with E-state index in [1.165, 1.54) is 6.07 Å². The number of carbonyl (C=O) groups is 1. The fourth-order valence-corrected chi connectivity index (χ4v) is 1.27. The number of hydrogen-bond donors (Lipinski definition) is 1. The molecule has 0 aromatic heterocycles. The van der Waals surface area contributed by atoms with Gasteiger partial charge in [0.1, 0.15) is 0 Å². The van der Waals surface area contributed by atoms with Crippen molar-refractivity contribution in [1.82, 2.24) is 0 Å². The molecule has 1 N–H and O–H groups in total. The van der Waals surface area contributed by atoms with Crippen LogP contribution >= 0.6 is 0 Å². The molecule has 0 bridgehead atoms. The molecule has 0 spiro atoms. The topological polar surface area (TPSA) is 72.2 Å². The minimum atomic E-state index is -0.531. The molecule has 0 atom stereocenters. The number of carbonyl (C=O) groups excluding carboxylic acids is 1. The second kappa shape index (κ2) is 4.53. The van der Waals surface area contributed by atoms with Gasteiger partial charge in [0.2, 0.25) is 5.91 Å². The molecule has 5 nitrogen and oxygen atoms in total. The highest BCUT2D eigenvalue weighted by Gasteiger charge is 2.23. The number of nitrogens with zero attached hydrogens (tertiary/aromatic N) is 1. The van der Waals surface area contributed by atoms with Crippen LogP contribution in [0.25, 0.3) is 0 Å². The zero-order valence-corrected chi connectivity index (χ0v) is 10.4. The fraction of sp³-hybridized carbons (Fsp3) is 0.417. The van der Waals surface area contributed by atoms with Crippen LogP contribution in [0, 0.1) is 22.5 Å². The summed E-state index contributed by atoms with van der Waals surface area (Å²) in [4.78, 5) is 22.1. The number of nitro benzene ring substituents is 1. The predicted molar refractivity (Wildman–Crippen MR) is 65.9 cm³/mol. The van der Waals surface area contributed by atoms with Crippen molar-refractivity contribution in [3.63, 3.8) is 0 Å². The summed E-state index contributed by atoms with van der Waals surface area (Å²) in [6.45, 7) is 6.98. The number of anilines is 1. The second-order valence-corrected chi connectivity index (χ2v) is 4.91. The van der Waals surface area contributed by atoms with Gasteiger partial charge >= 0.3 is 0 Å². The summed E-state index contributed by atoms with van der Waals surface area (Å²) in [7, 11) is 0. The Morgan fingerprint density at radius 3 is 2.41 bits per heavy atom. The van der Waals surface area contributed by atoms with Gasteiger partial charge < -0.3 is 5.32 Å². The normalized spacial score (nSPS) is 11.1. The smallest absolute Gasteiger partial charge is 0.274 e. The first kappa shape index (κ1) is 13.2. The Bertz CT molecular complexity index is 461. The molecule has 0 saturated carbocycles. The largest absolute Gasteiger partial charge is 0.325 e. The zero-order chi connectivity index (χ0) is 13.2. The molecule has 0 saturated heterocycles. The summed E-state index contributed by atoms with van der Waals surface area (Å²) in [6.07, 6.45) is 0. The van der Waals surface area contributed by atoms with E-state index in [2.05, 4.69) is 5.32 Å². The number of nitrogens with one attached hydrogen (secondary N) is 1. The summed E-state index contributed by atoms with van der Waals surface area (Å²) in [5.41, 5.74) is 0.433. The standard InChI is InChI=1S/C12H16N2O3/c1-8-9(13-11(15)12(2,3)4)6-5-7-10(8)14(16)17/h5-7H,1-4H3,(H,13,15). The summed E-state index contributed by atoms with van der Waals surface area (Å²) < 4.78 is 0. The molecule has 0 unspecified atom stereocenters. The molecule has 5 heteroatoms. The van der Waals surface area contributed by atoms with Gasteiger partial charge in [-0.2, -0.15) is 0 Å². The van der Waals surface area contributed by atoms with Crippen LogP contribution in [-0.2, 0) is 4.79 Å². The van der Waals surface area contributed by atoms with E-state index in [9.17, 15) is 14.9 Å². The molecule has 1 rings (SSSR count). The van der Waals surface area contributed by atoms with Gasteiger partial charge in [-0.05, 0) is 13.0 Å². The molecule has 0 heterocycles. The third kappa shape index (κ3) is 3.03. The van der Waals surface area contributed by atoms with Crippen molar-refractivity contribution in [2.24, 2.45) is 5.41 Å². The first-order valence-corrected chi connectivity index (χ1v) is 5.29.